The molecule has 0 radical (unpaired) electrons. The Balaban J connectivity index is 0.735. The largest absolute Gasteiger partial charge is 0.508 e. The van der Waals surface area contributed by atoms with Gasteiger partial charge in [-0.3, -0.25) is 24.6 Å². The number of hydrogen-bond donors (Lipinski definition) is 2. The molecule has 1 unspecified atom stereocenters. The lowest BCUT2D eigenvalue weighted by Crippen LogP contribution is -2.54. The molecule has 5 aliphatic rings. The number of piperidine rings is 3. The average molecular weight is 912 g/mol. The summed E-state index contributed by atoms with van der Waals surface area (Å²) in [6, 6.07) is 12.7. The number of phenolic OH excluding ortho intramolecular Hbond substituents is 1. The number of carbonyl (C=O) groups excluding carboxylic acids is 2. The van der Waals surface area contributed by atoms with E-state index < -0.39 is 11.7 Å². The highest BCUT2D eigenvalue weighted by Crippen LogP contribution is 2.48. The van der Waals surface area contributed by atoms with Gasteiger partial charge in [-0.15, -0.1) is 0 Å². The van der Waals surface area contributed by atoms with E-state index in [0.29, 0.717) is 76.7 Å². The van der Waals surface area contributed by atoms with Crippen LogP contribution in [0.3, 0.4) is 0 Å². The molecule has 6 aromatic rings. The number of aromatic hydroxyl groups is 1. The molecule has 15 heteroatoms. The highest BCUT2D eigenvalue weighted by molar-refractivity contribution is 6.03. The summed E-state index contributed by atoms with van der Waals surface area (Å²) in [5.74, 6) is 0.188. The number of aromatic nitrogens is 5. The molecule has 0 spiro atoms. The van der Waals surface area contributed by atoms with Gasteiger partial charge in [-0.1, -0.05) is 32.0 Å². The van der Waals surface area contributed by atoms with Crippen molar-refractivity contribution < 1.29 is 28.2 Å². The van der Waals surface area contributed by atoms with Crippen LogP contribution in [-0.2, 0) is 23.1 Å². The quantitative estimate of drug-likeness (QED) is 0.115. The van der Waals surface area contributed by atoms with Gasteiger partial charge in [0.2, 0.25) is 11.8 Å². The fourth-order valence-corrected chi connectivity index (χ4v) is 11.6. The number of nitrogens with zero attached hydrogens (tertiary/aromatic N) is 8. The van der Waals surface area contributed by atoms with E-state index >= 15 is 8.78 Å². The lowest BCUT2D eigenvalue weighted by atomic mass is 9.87. The molecule has 2 atom stereocenters. The molecule has 7 heterocycles. The molecule has 3 aromatic heterocycles. The second kappa shape index (κ2) is 17.4. The molecule has 2 amide bonds. The zero-order valence-electron chi connectivity index (χ0n) is 38.7. The normalized spacial score (nSPS) is 21.9. The number of imide groups is 1. The summed E-state index contributed by atoms with van der Waals surface area (Å²) in [4.78, 5) is 46.0. The van der Waals surface area contributed by atoms with Crippen molar-refractivity contribution in [2.75, 3.05) is 63.9 Å². The maximum Gasteiger partial charge on any atom is 0.319 e. The van der Waals surface area contributed by atoms with Gasteiger partial charge in [-0.25, -0.2) is 8.78 Å². The number of aryl methyl sites for hydroxylation is 2. The third kappa shape index (κ3) is 8.36. The Morgan fingerprint density at radius 1 is 0.940 bits per heavy atom. The molecular weight excluding hydrogens is 853 g/mol. The first-order valence-electron chi connectivity index (χ1n) is 24.4. The van der Waals surface area contributed by atoms with Crippen LogP contribution in [-0.4, -0.2) is 110 Å². The molecule has 1 saturated carbocycles. The Labute approximate surface area is 388 Å². The highest BCUT2D eigenvalue weighted by Gasteiger charge is 2.47. The molecule has 13 nitrogen and oxygen atoms in total. The minimum Gasteiger partial charge on any atom is -0.508 e. The van der Waals surface area contributed by atoms with Crippen LogP contribution in [0.15, 0.2) is 48.7 Å². The number of phenols is 1. The summed E-state index contributed by atoms with van der Waals surface area (Å²) in [5, 5.41) is 20.6. The number of anilines is 1. The molecule has 4 saturated heterocycles. The van der Waals surface area contributed by atoms with Crippen LogP contribution in [0.4, 0.5) is 14.6 Å². The summed E-state index contributed by atoms with van der Waals surface area (Å²) in [6.45, 7) is 12.4. The van der Waals surface area contributed by atoms with Crippen molar-refractivity contribution in [3.8, 4) is 23.0 Å². The lowest BCUT2D eigenvalue weighted by Gasteiger charge is -2.44. The van der Waals surface area contributed by atoms with Crippen LogP contribution < -0.4 is 15.0 Å². The zero-order chi connectivity index (χ0) is 46.1. The average Bonchev–Trinajstić information content (AvgIpc) is 4.01. The number of rotatable bonds is 12. The van der Waals surface area contributed by atoms with Crippen LogP contribution in [0.25, 0.3) is 43.8 Å². The number of fused-ring (bicyclic) bond motifs is 3. The Morgan fingerprint density at radius 3 is 2.52 bits per heavy atom. The van der Waals surface area contributed by atoms with Gasteiger partial charge < -0.3 is 24.5 Å². The van der Waals surface area contributed by atoms with Crippen molar-refractivity contribution >= 4 is 50.2 Å². The van der Waals surface area contributed by atoms with Crippen molar-refractivity contribution in [1.82, 2.24) is 39.8 Å². The Morgan fingerprint density at radius 2 is 1.76 bits per heavy atom. The first-order valence-corrected chi connectivity index (χ1v) is 24.4. The summed E-state index contributed by atoms with van der Waals surface area (Å²) in [7, 11) is 1.93. The number of hydrogen-bond acceptors (Lipinski definition) is 11. The smallest absolute Gasteiger partial charge is 0.319 e. The van der Waals surface area contributed by atoms with E-state index in [2.05, 4.69) is 50.1 Å². The maximum absolute atomic E-state index is 17.1. The minimum absolute atomic E-state index is 0.00205. The van der Waals surface area contributed by atoms with Crippen LogP contribution in [0.2, 0.25) is 0 Å². The summed E-state index contributed by atoms with van der Waals surface area (Å²) < 4.78 is 40.6. The van der Waals surface area contributed by atoms with E-state index in [-0.39, 0.29) is 46.0 Å². The van der Waals surface area contributed by atoms with Gasteiger partial charge in [0.15, 0.2) is 5.82 Å². The van der Waals surface area contributed by atoms with Gasteiger partial charge in [0.25, 0.3) is 0 Å². The maximum atomic E-state index is 17.1. The molecule has 350 valence electrons. The minimum atomic E-state index is -0.653. The van der Waals surface area contributed by atoms with Crippen molar-refractivity contribution in [2.24, 2.45) is 24.3 Å². The van der Waals surface area contributed by atoms with Crippen LogP contribution in [0.5, 0.6) is 11.8 Å². The number of likely N-dealkylation sites (tertiary alicyclic amines) is 2. The Kier molecular flexibility index (Phi) is 11.3. The van der Waals surface area contributed by atoms with Crippen molar-refractivity contribution in [2.45, 2.75) is 83.5 Å². The third-order valence-corrected chi connectivity index (χ3v) is 15.5. The van der Waals surface area contributed by atoms with Crippen LogP contribution in [0, 0.1) is 28.9 Å². The summed E-state index contributed by atoms with van der Waals surface area (Å²) >= 11 is 0. The molecule has 67 heavy (non-hydrogen) atoms. The predicted molar refractivity (Wildman–Crippen MR) is 253 cm³/mol. The molecule has 5 fully saturated rings. The first kappa shape index (κ1) is 43.8. The van der Waals surface area contributed by atoms with E-state index in [1.807, 2.05) is 18.7 Å². The number of benzene rings is 3. The van der Waals surface area contributed by atoms with Gasteiger partial charge in [0.1, 0.15) is 28.6 Å². The molecule has 2 N–H and O–H groups in total. The second-order valence-electron chi connectivity index (χ2n) is 20.4. The topological polar surface area (TPSA) is 142 Å². The van der Waals surface area contributed by atoms with Gasteiger partial charge in [-0.05, 0) is 128 Å². The zero-order valence-corrected chi connectivity index (χ0v) is 38.7. The van der Waals surface area contributed by atoms with Crippen molar-refractivity contribution in [1.29, 1.82) is 0 Å². The number of amides is 2. The Hall–Kier alpha value is -5.80. The molecule has 4 aliphatic heterocycles. The van der Waals surface area contributed by atoms with Gasteiger partial charge in [0, 0.05) is 75.3 Å². The fraction of sp³-hybridized carbons (Fsp3) is 0.500. The Bertz CT molecular complexity index is 2920. The third-order valence-electron chi connectivity index (χ3n) is 15.5. The van der Waals surface area contributed by atoms with Gasteiger partial charge in [0.05, 0.1) is 29.1 Å². The number of carbonyl (C=O) groups is 2. The van der Waals surface area contributed by atoms with E-state index in [1.54, 1.807) is 18.3 Å². The second-order valence-corrected chi connectivity index (χ2v) is 20.4. The molecule has 0 bridgehead atoms. The number of pyridine rings is 1. The molecule has 11 rings (SSSR count). The van der Waals surface area contributed by atoms with Gasteiger partial charge in [-0.2, -0.15) is 15.1 Å². The van der Waals surface area contributed by atoms with E-state index in [4.69, 9.17) is 19.8 Å². The van der Waals surface area contributed by atoms with Crippen LogP contribution in [0.1, 0.15) is 93.9 Å². The van der Waals surface area contributed by atoms with Crippen molar-refractivity contribution in [3.05, 3.63) is 77.1 Å². The molecule has 1 aliphatic carbocycles. The van der Waals surface area contributed by atoms with Crippen LogP contribution >= 0.6 is 0 Å². The summed E-state index contributed by atoms with van der Waals surface area (Å²) in [6.07, 6.45) is 9.25. The predicted octanol–water partition coefficient (Wildman–Crippen LogP) is 8.00. The van der Waals surface area contributed by atoms with Gasteiger partial charge >= 0.3 is 6.01 Å². The monoisotopic (exact) mass is 911 g/mol. The van der Waals surface area contributed by atoms with E-state index in [0.717, 1.165) is 107 Å². The fourth-order valence-electron chi connectivity index (χ4n) is 11.6. The number of ether oxygens (including phenoxy) is 1. The van der Waals surface area contributed by atoms with E-state index in [1.165, 1.54) is 17.7 Å². The molecule has 3 aromatic carbocycles. The van der Waals surface area contributed by atoms with Crippen molar-refractivity contribution in [3.63, 3.8) is 0 Å². The summed E-state index contributed by atoms with van der Waals surface area (Å²) in [5.41, 5.74) is 3.96. The highest BCUT2D eigenvalue weighted by atomic mass is 19.1. The SMILES string of the molecule is CCc1c(F)ccc2cc(O)cc(-c3ncc4c(N5CCC[C@H](C)C5)nc(OCC5(CN6CC(CN7CCC(c8ccc9c(C%10CCC(=O)NC%10=O)nn(C)c9c8)CC7)C6)CC5)nc4c3F)c12. The number of nitrogens with one attached hydrogen (secondary N) is 1. The molecular formula is C52H59F2N9O4. The number of halogens is 2. The van der Waals surface area contributed by atoms with E-state index in [9.17, 15) is 14.7 Å². The first-order chi connectivity index (χ1) is 32.4. The standard InChI is InChI=1S/C52H59F2N9O4/c1-4-36-41(53)11-8-34-20-35(64)22-39(44(34)36)47-45(54)48-40(23-55-47)49(63-17-5-6-30(2)24-63)58-51(57-48)67-29-52(15-16-52)28-62-26-31(27-62)25-61-18-13-32(14-19-61)33-7-9-37-42(21-33)60(3)59-46(37)38-10-12-43(65)56-50(38)66/h7-9,11,20-23,30-32,38,64H,4-6,10,12-19,24-29H2,1-3H3,(H,56,65,66)/t30-,38?/m0/s1. The lowest BCUT2D eigenvalue weighted by molar-refractivity contribution is -0.134.